The molecule has 2 rings (SSSR count). The molecule has 3 heteroatoms. The van der Waals surface area contributed by atoms with Gasteiger partial charge in [-0.1, -0.05) is 29.8 Å². The van der Waals surface area contributed by atoms with Crippen molar-refractivity contribution in [2.24, 2.45) is 11.7 Å². The standard InChI is InChI=1S/C15H22N2O/c1-11-3-6-13(7-4-11)9-17-10-14(15(16)18)8-5-12(17)2/h3-4,6-7,12,14H,5,8-10H2,1-2H3,(H2,16,18). The molecule has 1 amide bonds. The minimum Gasteiger partial charge on any atom is -0.369 e. The second kappa shape index (κ2) is 5.53. The zero-order chi connectivity index (χ0) is 13.1. The lowest BCUT2D eigenvalue weighted by molar-refractivity contribution is -0.124. The molecule has 1 aromatic rings. The van der Waals surface area contributed by atoms with Gasteiger partial charge in [0, 0.05) is 19.1 Å². The Hall–Kier alpha value is -1.35. The van der Waals surface area contributed by atoms with Crippen LogP contribution in [-0.2, 0) is 11.3 Å². The van der Waals surface area contributed by atoms with Crippen molar-refractivity contribution in [1.82, 2.24) is 4.90 Å². The number of piperidine rings is 1. The maximum Gasteiger partial charge on any atom is 0.221 e. The van der Waals surface area contributed by atoms with E-state index in [2.05, 4.69) is 43.0 Å². The summed E-state index contributed by atoms with van der Waals surface area (Å²) in [5.41, 5.74) is 8.00. The Morgan fingerprint density at radius 2 is 2.00 bits per heavy atom. The van der Waals surface area contributed by atoms with Crippen LogP contribution in [0.5, 0.6) is 0 Å². The van der Waals surface area contributed by atoms with E-state index < -0.39 is 0 Å². The third-order valence-electron chi connectivity index (χ3n) is 3.92. The maximum atomic E-state index is 11.3. The topological polar surface area (TPSA) is 46.3 Å². The van der Waals surface area contributed by atoms with Crippen LogP contribution in [0.2, 0.25) is 0 Å². The number of nitrogens with zero attached hydrogens (tertiary/aromatic N) is 1. The predicted molar refractivity (Wildman–Crippen MR) is 73.0 cm³/mol. The Labute approximate surface area is 109 Å². The average molecular weight is 246 g/mol. The van der Waals surface area contributed by atoms with Crippen LogP contribution in [0.4, 0.5) is 0 Å². The molecule has 0 aromatic heterocycles. The number of hydrogen-bond donors (Lipinski definition) is 1. The van der Waals surface area contributed by atoms with Gasteiger partial charge in [0.2, 0.25) is 5.91 Å². The van der Waals surface area contributed by atoms with Crippen molar-refractivity contribution in [3.05, 3.63) is 35.4 Å². The Bertz CT molecular complexity index is 413. The molecule has 18 heavy (non-hydrogen) atoms. The van der Waals surface area contributed by atoms with Crippen molar-refractivity contribution in [1.29, 1.82) is 0 Å². The molecule has 2 atom stereocenters. The summed E-state index contributed by atoms with van der Waals surface area (Å²) in [6.07, 6.45) is 1.99. The summed E-state index contributed by atoms with van der Waals surface area (Å²) < 4.78 is 0. The molecule has 0 radical (unpaired) electrons. The molecular formula is C15H22N2O. The van der Waals surface area contributed by atoms with Gasteiger partial charge in [0.15, 0.2) is 0 Å². The van der Waals surface area contributed by atoms with Gasteiger partial charge in [-0.25, -0.2) is 0 Å². The fourth-order valence-electron chi connectivity index (χ4n) is 2.56. The summed E-state index contributed by atoms with van der Waals surface area (Å²) >= 11 is 0. The molecule has 1 saturated heterocycles. The minimum atomic E-state index is -0.157. The summed E-state index contributed by atoms with van der Waals surface area (Å²) in [6.45, 7) is 6.03. The number of rotatable bonds is 3. The van der Waals surface area contributed by atoms with E-state index in [1.165, 1.54) is 11.1 Å². The first-order valence-corrected chi connectivity index (χ1v) is 6.65. The van der Waals surface area contributed by atoms with Crippen molar-refractivity contribution in [2.75, 3.05) is 6.54 Å². The van der Waals surface area contributed by atoms with Crippen molar-refractivity contribution >= 4 is 5.91 Å². The summed E-state index contributed by atoms with van der Waals surface area (Å²) in [7, 11) is 0. The molecule has 2 unspecified atom stereocenters. The molecular weight excluding hydrogens is 224 g/mol. The third kappa shape index (κ3) is 3.10. The highest BCUT2D eigenvalue weighted by Gasteiger charge is 2.28. The van der Waals surface area contributed by atoms with Crippen LogP contribution in [0.3, 0.4) is 0 Å². The van der Waals surface area contributed by atoms with Gasteiger partial charge in [-0.2, -0.15) is 0 Å². The molecule has 1 heterocycles. The molecule has 3 nitrogen and oxygen atoms in total. The molecule has 2 N–H and O–H groups in total. The summed E-state index contributed by atoms with van der Waals surface area (Å²) in [5, 5.41) is 0. The largest absolute Gasteiger partial charge is 0.369 e. The van der Waals surface area contributed by atoms with E-state index in [9.17, 15) is 4.79 Å². The highest BCUT2D eigenvalue weighted by molar-refractivity contribution is 5.76. The Morgan fingerprint density at radius 1 is 1.33 bits per heavy atom. The third-order valence-corrected chi connectivity index (χ3v) is 3.92. The second-order valence-corrected chi connectivity index (χ2v) is 5.44. The number of nitrogens with two attached hydrogens (primary N) is 1. The van der Waals surface area contributed by atoms with Crippen LogP contribution in [0, 0.1) is 12.8 Å². The summed E-state index contributed by atoms with van der Waals surface area (Å²) in [6, 6.07) is 9.12. The van der Waals surface area contributed by atoms with E-state index in [-0.39, 0.29) is 11.8 Å². The summed E-state index contributed by atoms with van der Waals surface area (Å²) in [4.78, 5) is 13.7. The smallest absolute Gasteiger partial charge is 0.221 e. The molecule has 1 aliphatic heterocycles. The number of carbonyl (C=O) groups excluding carboxylic acids is 1. The molecule has 1 fully saturated rings. The maximum absolute atomic E-state index is 11.3. The van der Waals surface area contributed by atoms with Gasteiger partial charge in [0.05, 0.1) is 5.92 Å². The van der Waals surface area contributed by atoms with E-state index in [1.54, 1.807) is 0 Å². The lowest BCUT2D eigenvalue weighted by atomic mass is 9.92. The highest BCUT2D eigenvalue weighted by Crippen LogP contribution is 2.23. The molecule has 1 aliphatic rings. The Balaban J connectivity index is 2.02. The zero-order valence-corrected chi connectivity index (χ0v) is 11.2. The van der Waals surface area contributed by atoms with Crippen molar-refractivity contribution < 1.29 is 4.79 Å². The number of benzene rings is 1. The van der Waals surface area contributed by atoms with E-state index >= 15 is 0 Å². The fourth-order valence-corrected chi connectivity index (χ4v) is 2.56. The van der Waals surface area contributed by atoms with Gasteiger partial charge in [0.25, 0.3) is 0 Å². The van der Waals surface area contributed by atoms with Gasteiger partial charge in [-0.3, -0.25) is 9.69 Å². The number of hydrogen-bond acceptors (Lipinski definition) is 2. The Kier molecular flexibility index (Phi) is 4.02. The minimum absolute atomic E-state index is 0.0200. The zero-order valence-electron chi connectivity index (χ0n) is 11.2. The van der Waals surface area contributed by atoms with Gasteiger partial charge in [-0.15, -0.1) is 0 Å². The van der Waals surface area contributed by atoms with Crippen LogP contribution >= 0.6 is 0 Å². The second-order valence-electron chi connectivity index (χ2n) is 5.44. The average Bonchev–Trinajstić information content (AvgIpc) is 2.34. The first-order chi connectivity index (χ1) is 8.56. The number of carbonyl (C=O) groups is 1. The number of primary amides is 1. The van der Waals surface area contributed by atoms with E-state index in [1.807, 2.05) is 0 Å². The fraction of sp³-hybridized carbons (Fsp3) is 0.533. The van der Waals surface area contributed by atoms with Crippen LogP contribution in [0.1, 0.15) is 30.9 Å². The van der Waals surface area contributed by atoms with Crippen molar-refractivity contribution in [3.8, 4) is 0 Å². The SMILES string of the molecule is Cc1ccc(CN2CC(C(N)=O)CCC2C)cc1. The molecule has 0 saturated carbocycles. The van der Waals surface area contributed by atoms with Crippen LogP contribution in [-0.4, -0.2) is 23.4 Å². The number of amides is 1. The molecule has 0 spiro atoms. The number of aryl methyl sites for hydroxylation is 1. The molecule has 98 valence electrons. The first kappa shape index (κ1) is 13.1. The molecule has 0 bridgehead atoms. The normalized spacial score (nSPS) is 25.0. The van der Waals surface area contributed by atoms with Crippen LogP contribution < -0.4 is 5.73 Å². The monoisotopic (exact) mass is 246 g/mol. The lowest BCUT2D eigenvalue weighted by Crippen LogP contribution is -2.45. The number of likely N-dealkylation sites (tertiary alicyclic amines) is 1. The van der Waals surface area contributed by atoms with Crippen molar-refractivity contribution in [2.45, 2.75) is 39.3 Å². The van der Waals surface area contributed by atoms with E-state index in [0.29, 0.717) is 6.04 Å². The van der Waals surface area contributed by atoms with Gasteiger partial charge < -0.3 is 5.73 Å². The van der Waals surface area contributed by atoms with Crippen LogP contribution in [0.25, 0.3) is 0 Å². The molecule has 0 aliphatic carbocycles. The van der Waals surface area contributed by atoms with Crippen LogP contribution in [0.15, 0.2) is 24.3 Å². The van der Waals surface area contributed by atoms with E-state index in [0.717, 1.165) is 25.9 Å². The lowest BCUT2D eigenvalue weighted by Gasteiger charge is -2.36. The highest BCUT2D eigenvalue weighted by atomic mass is 16.1. The van der Waals surface area contributed by atoms with Gasteiger partial charge in [0.1, 0.15) is 0 Å². The summed E-state index contributed by atoms with van der Waals surface area (Å²) in [5.74, 6) is -0.137. The first-order valence-electron chi connectivity index (χ1n) is 6.65. The molecule has 1 aromatic carbocycles. The van der Waals surface area contributed by atoms with Gasteiger partial charge in [-0.05, 0) is 32.3 Å². The predicted octanol–water partition coefficient (Wildman–Crippen LogP) is 2.08. The quantitative estimate of drug-likeness (QED) is 0.887. The van der Waals surface area contributed by atoms with Crippen molar-refractivity contribution in [3.63, 3.8) is 0 Å². The van der Waals surface area contributed by atoms with Gasteiger partial charge >= 0.3 is 0 Å². The van der Waals surface area contributed by atoms with E-state index in [4.69, 9.17) is 5.73 Å². The Morgan fingerprint density at radius 3 is 2.61 bits per heavy atom.